The second-order valence-corrected chi connectivity index (χ2v) is 7.85. The summed E-state index contributed by atoms with van der Waals surface area (Å²) in [4.78, 5) is 15.1. The zero-order valence-corrected chi connectivity index (χ0v) is 13.7. The molecule has 0 aliphatic carbocycles. The lowest BCUT2D eigenvalue weighted by molar-refractivity contribution is -0.135. The summed E-state index contributed by atoms with van der Waals surface area (Å²) in [7, 11) is 0. The summed E-state index contributed by atoms with van der Waals surface area (Å²) in [5.41, 5.74) is 0.829. The van der Waals surface area contributed by atoms with Crippen molar-refractivity contribution in [3.8, 4) is 0 Å². The standard InChI is InChI=1S/C15H22N2OS2/c1-3-15(2)14(18)17(12-5-8-19-9-6-12)13(16-15)11-4-7-20-10-11/h4,7,10,12-13,16H,3,5-6,8-9H2,1-2H3. The topological polar surface area (TPSA) is 32.3 Å². The van der Waals surface area contributed by atoms with E-state index in [1.807, 2.05) is 18.7 Å². The molecule has 2 atom stereocenters. The molecule has 0 radical (unpaired) electrons. The Morgan fingerprint density at radius 2 is 2.20 bits per heavy atom. The molecule has 3 heterocycles. The molecule has 2 aliphatic rings. The van der Waals surface area contributed by atoms with E-state index >= 15 is 0 Å². The van der Waals surface area contributed by atoms with Crippen LogP contribution < -0.4 is 5.32 Å². The number of amides is 1. The van der Waals surface area contributed by atoms with E-state index in [-0.39, 0.29) is 12.1 Å². The van der Waals surface area contributed by atoms with Crippen LogP contribution in [0.5, 0.6) is 0 Å². The minimum atomic E-state index is -0.406. The van der Waals surface area contributed by atoms with Crippen LogP contribution in [0.25, 0.3) is 0 Å². The van der Waals surface area contributed by atoms with Gasteiger partial charge >= 0.3 is 0 Å². The number of rotatable bonds is 3. The second kappa shape index (κ2) is 5.70. The van der Waals surface area contributed by atoms with Gasteiger partial charge in [-0.3, -0.25) is 10.1 Å². The van der Waals surface area contributed by atoms with Gasteiger partial charge in [-0.05, 0) is 60.1 Å². The van der Waals surface area contributed by atoms with E-state index in [1.165, 1.54) is 17.1 Å². The fourth-order valence-corrected chi connectivity index (χ4v) is 4.86. The first-order valence-electron chi connectivity index (χ1n) is 7.36. The molecule has 1 amide bonds. The van der Waals surface area contributed by atoms with Crippen LogP contribution in [0.15, 0.2) is 16.8 Å². The molecule has 0 bridgehead atoms. The summed E-state index contributed by atoms with van der Waals surface area (Å²) in [6, 6.07) is 2.54. The van der Waals surface area contributed by atoms with Crippen LogP contribution in [-0.2, 0) is 4.79 Å². The molecule has 5 heteroatoms. The first-order chi connectivity index (χ1) is 9.65. The van der Waals surface area contributed by atoms with Gasteiger partial charge in [0.05, 0.1) is 5.54 Å². The van der Waals surface area contributed by atoms with Gasteiger partial charge in [0, 0.05) is 6.04 Å². The highest BCUT2D eigenvalue weighted by Gasteiger charge is 2.49. The first-order valence-corrected chi connectivity index (χ1v) is 9.46. The fourth-order valence-electron chi connectivity index (χ4n) is 3.10. The van der Waals surface area contributed by atoms with Gasteiger partial charge in [0.1, 0.15) is 6.17 Å². The Morgan fingerprint density at radius 1 is 1.45 bits per heavy atom. The van der Waals surface area contributed by atoms with Crippen LogP contribution >= 0.6 is 23.1 Å². The van der Waals surface area contributed by atoms with Crippen molar-refractivity contribution >= 4 is 29.0 Å². The maximum Gasteiger partial charge on any atom is 0.244 e. The Bertz CT molecular complexity index is 470. The van der Waals surface area contributed by atoms with E-state index in [9.17, 15) is 4.79 Å². The summed E-state index contributed by atoms with van der Waals surface area (Å²) < 4.78 is 0. The molecule has 3 rings (SSSR count). The van der Waals surface area contributed by atoms with Crippen LogP contribution in [0.1, 0.15) is 44.8 Å². The Labute approximate surface area is 129 Å². The highest BCUT2D eigenvalue weighted by Crippen LogP contribution is 2.38. The number of thiophene rings is 1. The van der Waals surface area contributed by atoms with Crippen LogP contribution in [0.3, 0.4) is 0 Å². The molecule has 3 nitrogen and oxygen atoms in total. The van der Waals surface area contributed by atoms with Gasteiger partial charge in [-0.1, -0.05) is 6.92 Å². The molecule has 1 N–H and O–H groups in total. The first kappa shape index (κ1) is 14.4. The predicted molar refractivity (Wildman–Crippen MR) is 86.1 cm³/mol. The van der Waals surface area contributed by atoms with E-state index in [2.05, 4.69) is 34.0 Å². The molecule has 1 aromatic heterocycles. The van der Waals surface area contributed by atoms with Crippen molar-refractivity contribution in [1.29, 1.82) is 0 Å². The third-order valence-corrected chi connectivity index (χ3v) is 6.34. The molecule has 0 saturated carbocycles. The Kier molecular flexibility index (Phi) is 4.11. The smallest absolute Gasteiger partial charge is 0.244 e. The molecule has 2 aliphatic heterocycles. The minimum absolute atomic E-state index is 0.0619. The van der Waals surface area contributed by atoms with E-state index in [1.54, 1.807) is 11.3 Å². The van der Waals surface area contributed by atoms with Crippen LogP contribution in [0, 0.1) is 0 Å². The van der Waals surface area contributed by atoms with E-state index in [0.717, 1.165) is 19.3 Å². The van der Waals surface area contributed by atoms with Crippen molar-refractivity contribution in [2.45, 2.75) is 50.9 Å². The number of nitrogens with zero attached hydrogens (tertiary/aromatic N) is 1. The van der Waals surface area contributed by atoms with Gasteiger partial charge in [0.25, 0.3) is 0 Å². The van der Waals surface area contributed by atoms with Gasteiger partial charge in [-0.25, -0.2) is 0 Å². The number of nitrogens with one attached hydrogen (secondary N) is 1. The molecule has 2 unspecified atom stereocenters. The molecule has 0 spiro atoms. The van der Waals surface area contributed by atoms with Crippen molar-refractivity contribution < 1.29 is 4.79 Å². The molecule has 2 fully saturated rings. The van der Waals surface area contributed by atoms with Crippen molar-refractivity contribution in [1.82, 2.24) is 10.2 Å². The van der Waals surface area contributed by atoms with Crippen molar-refractivity contribution in [3.63, 3.8) is 0 Å². The lowest BCUT2D eigenvalue weighted by Gasteiger charge is -2.35. The number of hydrogen-bond acceptors (Lipinski definition) is 4. The second-order valence-electron chi connectivity index (χ2n) is 5.85. The normalized spacial score (nSPS) is 32.0. The third kappa shape index (κ3) is 2.40. The average Bonchev–Trinajstić information content (AvgIpc) is 3.08. The summed E-state index contributed by atoms with van der Waals surface area (Å²) in [5, 5.41) is 7.85. The monoisotopic (exact) mass is 310 g/mol. The lowest BCUT2D eigenvalue weighted by atomic mass is 9.98. The molecule has 1 aromatic rings. The summed E-state index contributed by atoms with van der Waals surface area (Å²) in [6.07, 6.45) is 3.15. The van der Waals surface area contributed by atoms with Gasteiger partial charge in [0.15, 0.2) is 0 Å². The van der Waals surface area contributed by atoms with Crippen LogP contribution in [-0.4, -0.2) is 33.9 Å². The van der Waals surface area contributed by atoms with Gasteiger partial charge in [-0.15, -0.1) is 0 Å². The van der Waals surface area contributed by atoms with E-state index < -0.39 is 5.54 Å². The van der Waals surface area contributed by atoms with Crippen molar-refractivity contribution in [2.24, 2.45) is 0 Å². The molecule has 0 aromatic carbocycles. The Morgan fingerprint density at radius 3 is 2.80 bits per heavy atom. The lowest BCUT2D eigenvalue weighted by Crippen LogP contribution is -2.45. The maximum atomic E-state index is 12.9. The third-order valence-electron chi connectivity index (χ3n) is 4.59. The zero-order valence-electron chi connectivity index (χ0n) is 12.1. The number of carbonyl (C=O) groups excluding carboxylic acids is 1. The van der Waals surface area contributed by atoms with Gasteiger partial charge in [0.2, 0.25) is 5.91 Å². The summed E-state index contributed by atoms with van der Waals surface area (Å²) in [6.45, 7) is 4.14. The number of carbonyl (C=O) groups is 1. The van der Waals surface area contributed by atoms with Gasteiger partial charge in [-0.2, -0.15) is 23.1 Å². The number of hydrogen-bond donors (Lipinski definition) is 1. The highest BCUT2D eigenvalue weighted by molar-refractivity contribution is 7.99. The van der Waals surface area contributed by atoms with E-state index in [4.69, 9.17) is 0 Å². The fraction of sp³-hybridized carbons (Fsp3) is 0.667. The average molecular weight is 310 g/mol. The Balaban J connectivity index is 1.91. The maximum absolute atomic E-state index is 12.9. The van der Waals surface area contributed by atoms with Gasteiger partial charge < -0.3 is 4.90 Å². The predicted octanol–water partition coefficient (Wildman–Crippen LogP) is 3.24. The van der Waals surface area contributed by atoms with Crippen LogP contribution in [0.4, 0.5) is 0 Å². The molecular formula is C15H22N2OS2. The SMILES string of the molecule is CCC1(C)NC(c2ccsc2)N(C2CCSCC2)C1=O. The van der Waals surface area contributed by atoms with Crippen molar-refractivity contribution in [2.75, 3.05) is 11.5 Å². The largest absolute Gasteiger partial charge is 0.318 e. The molecule has 110 valence electrons. The van der Waals surface area contributed by atoms with E-state index in [0.29, 0.717) is 6.04 Å². The minimum Gasteiger partial charge on any atom is -0.318 e. The van der Waals surface area contributed by atoms with Crippen LogP contribution in [0.2, 0.25) is 0 Å². The number of thioether (sulfide) groups is 1. The van der Waals surface area contributed by atoms with Crippen molar-refractivity contribution in [3.05, 3.63) is 22.4 Å². The molecule has 20 heavy (non-hydrogen) atoms. The quantitative estimate of drug-likeness (QED) is 0.930. The Hall–Kier alpha value is -0.520. The molecular weight excluding hydrogens is 288 g/mol. The summed E-state index contributed by atoms with van der Waals surface area (Å²) >= 11 is 3.71. The summed E-state index contributed by atoms with van der Waals surface area (Å²) in [5.74, 6) is 2.63. The zero-order chi connectivity index (χ0) is 14.2. The highest BCUT2D eigenvalue weighted by atomic mass is 32.2. The molecule has 2 saturated heterocycles.